The highest BCUT2D eigenvalue weighted by Crippen LogP contribution is 2.11. The summed E-state index contributed by atoms with van der Waals surface area (Å²) in [6.45, 7) is 5.32. The van der Waals surface area contributed by atoms with Gasteiger partial charge in [-0.3, -0.25) is 9.88 Å². The quantitative estimate of drug-likeness (QED) is 0.889. The smallest absolute Gasteiger partial charge is 0.225 e. The van der Waals surface area contributed by atoms with Gasteiger partial charge in [-0.15, -0.1) is 0 Å². The second-order valence-electron chi connectivity index (χ2n) is 5.17. The molecule has 0 spiro atoms. The van der Waals surface area contributed by atoms with Crippen LogP contribution in [-0.4, -0.2) is 46.0 Å². The maximum atomic E-state index is 5.59. The minimum atomic E-state index is 0.545. The Kier molecular flexibility index (Phi) is 4.37. The van der Waals surface area contributed by atoms with Gasteiger partial charge in [0.15, 0.2) is 0 Å². The van der Waals surface area contributed by atoms with Gasteiger partial charge < -0.3 is 10.6 Å². The predicted molar refractivity (Wildman–Crippen MR) is 81.7 cm³/mol. The van der Waals surface area contributed by atoms with Crippen molar-refractivity contribution in [2.24, 2.45) is 5.73 Å². The minimum absolute atomic E-state index is 0.545. The zero-order valence-corrected chi connectivity index (χ0v) is 12.0. The fraction of sp³-hybridized carbons (Fsp3) is 0.400. The molecule has 3 heterocycles. The van der Waals surface area contributed by atoms with Crippen molar-refractivity contribution >= 4 is 5.95 Å². The van der Waals surface area contributed by atoms with Gasteiger partial charge in [-0.05, 0) is 17.7 Å². The Hall–Kier alpha value is -2.05. The summed E-state index contributed by atoms with van der Waals surface area (Å²) in [6.07, 6.45) is 5.44. The molecule has 0 saturated carbocycles. The summed E-state index contributed by atoms with van der Waals surface area (Å²) in [5.74, 6) is 0.822. The lowest BCUT2D eigenvalue weighted by atomic mass is 10.2. The van der Waals surface area contributed by atoms with Crippen LogP contribution in [0.2, 0.25) is 0 Å². The third kappa shape index (κ3) is 3.53. The van der Waals surface area contributed by atoms with E-state index in [0.29, 0.717) is 6.54 Å². The minimum Gasteiger partial charge on any atom is -0.338 e. The Labute approximate surface area is 124 Å². The molecule has 1 fully saturated rings. The Morgan fingerprint density at radius 3 is 2.38 bits per heavy atom. The van der Waals surface area contributed by atoms with Gasteiger partial charge in [0.05, 0.1) is 5.69 Å². The van der Waals surface area contributed by atoms with Crippen LogP contribution in [0.3, 0.4) is 0 Å². The number of aromatic nitrogens is 3. The van der Waals surface area contributed by atoms with Crippen molar-refractivity contribution in [3.63, 3.8) is 0 Å². The number of rotatable bonds is 4. The van der Waals surface area contributed by atoms with Gasteiger partial charge in [0.2, 0.25) is 5.95 Å². The van der Waals surface area contributed by atoms with E-state index in [1.165, 1.54) is 0 Å². The Bertz CT molecular complexity index is 548. The number of hydrogen-bond donors (Lipinski definition) is 1. The first-order valence-electron chi connectivity index (χ1n) is 7.23. The van der Waals surface area contributed by atoms with Crippen molar-refractivity contribution in [2.75, 3.05) is 31.1 Å². The Morgan fingerprint density at radius 1 is 1.00 bits per heavy atom. The van der Waals surface area contributed by atoms with E-state index in [4.69, 9.17) is 5.73 Å². The molecule has 1 saturated heterocycles. The molecule has 6 heteroatoms. The van der Waals surface area contributed by atoms with Gasteiger partial charge in [0.1, 0.15) is 0 Å². The summed E-state index contributed by atoms with van der Waals surface area (Å²) >= 11 is 0. The molecule has 3 rings (SSSR count). The molecule has 0 radical (unpaired) electrons. The largest absolute Gasteiger partial charge is 0.338 e. The summed E-state index contributed by atoms with van der Waals surface area (Å²) in [5, 5.41) is 0. The van der Waals surface area contributed by atoms with E-state index in [-0.39, 0.29) is 0 Å². The molecular weight excluding hydrogens is 264 g/mol. The number of anilines is 1. The molecule has 0 unspecified atom stereocenters. The first kappa shape index (κ1) is 13.9. The zero-order chi connectivity index (χ0) is 14.5. The van der Waals surface area contributed by atoms with E-state index < -0.39 is 0 Å². The van der Waals surface area contributed by atoms with Gasteiger partial charge in [0, 0.05) is 57.9 Å². The van der Waals surface area contributed by atoms with Crippen molar-refractivity contribution < 1.29 is 0 Å². The van der Waals surface area contributed by atoms with Crippen LogP contribution >= 0.6 is 0 Å². The molecule has 0 amide bonds. The van der Waals surface area contributed by atoms with Crippen molar-refractivity contribution in [1.29, 1.82) is 0 Å². The third-order valence-electron chi connectivity index (χ3n) is 3.71. The second kappa shape index (κ2) is 6.60. The number of nitrogens with zero attached hydrogens (tertiary/aromatic N) is 5. The van der Waals surface area contributed by atoms with E-state index in [1.807, 2.05) is 12.3 Å². The first-order chi connectivity index (χ1) is 10.3. The lowest BCUT2D eigenvalue weighted by molar-refractivity contribution is 0.246. The lowest BCUT2D eigenvalue weighted by Gasteiger charge is -2.34. The fourth-order valence-corrected chi connectivity index (χ4v) is 2.46. The highest BCUT2D eigenvalue weighted by atomic mass is 15.3. The van der Waals surface area contributed by atoms with E-state index >= 15 is 0 Å². The van der Waals surface area contributed by atoms with Crippen molar-refractivity contribution in [3.8, 4) is 0 Å². The summed E-state index contributed by atoms with van der Waals surface area (Å²) in [6, 6.07) is 5.96. The molecule has 21 heavy (non-hydrogen) atoms. The van der Waals surface area contributed by atoms with Gasteiger partial charge in [-0.25, -0.2) is 9.97 Å². The average molecular weight is 284 g/mol. The number of piperazine rings is 1. The van der Waals surface area contributed by atoms with Crippen molar-refractivity contribution in [3.05, 3.63) is 48.0 Å². The van der Waals surface area contributed by atoms with Gasteiger partial charge >= 0.3 is 0 Å². The summed E-state index contributed by atoms with van der Waals surface area (Å²) < 4.78 is 0. The molecule has 0 aromatic carbocycles. The molecule has 110 valence electrons. The number of pyridine rings is 1. The van der Waals surface area contributed by atoms with E-state index in [1.54, 1.807) is 12.4 Å². The van der Waals surface area contributed by atoms with Crippen molar-refractivity contribution in [2.45, 2.75) is 13.1 Å². The summed E-state index contributed by atoms with van der Waals surface area (Å²) in [5.41, 5.74) is 7.75. The SMILES string of the molecule is NCc1ccc(CN2CCN(c3ncccn3)CC2)nc1. The van der Waals surface area contributed by atoms with Crippen LogP contribution in [0.1, 0.15) is 11.3 Å². The Balaban J connectivity index is 1.53. The lowest BCUT2D eigenvalue weighted by Crippen LogP contribution is -2.46. The summed E-state index contributed by atoms with van der Waals surface area (Å²) in [7, 11) is 0. The topological polar surface area (TPSA) is 71.2 Å². The van der Waals surface area contributed by atoms with Crippen LogP contribution < -0.4 is 10.6 Å². The van der Waals surface area contributed by atoms with Crippen LogP contribution in [0, 0.1) is 0 Å². The monoisotopic (exact) mass is 284 g/mol. The normalized spacial score (nSPS) is 16.1. The number of nitrogens with two attached hydrogens (primary N) is 1. The molecule has 0 atom stereocenters. The molecule has 1 aliphatic heterocycles. The number of hydrogen-bond acceptors (Lipinski definition) is 6. The maximum absolute atomic E-state index is 5.59. The second-order valence-corrected chi connectivity index (χ2v) is 5.17. The van der Waals surface area contributed by atoms with Gasteiger partial charge in [-0.1, -0.05) is 6.07 Å². The highest BCUT2D eigenvalue weighted by molar-refractivity contribution is 5.29. The predicted octanol–water partition coefficient (Wildman–Crippen LogP) is 0.652. The third-order valence-corrected chi connectivity index (χ3v) is 3.71. The molecule has 2 N–H and O–H groups in total. The molecule has 0 bridgehead atoms. The van der Waals surface area contributed by atoms with E-state index in [9.17, 15) is 0 Å². The highest BCUT2D eigenvalue weighted by Gasteiger charge is 2.18. The molecule has 2 aromatic heterocycles. The molecule has 6 nitrogen and oxygen atoms in total. The van der Waals surface area contributed by atoms with E-state index in [2.05, 4.69) is 36.9 Å². The molecule has 0 aliphatic carbocycles. The summed E-state index contributed by atoms with van der Waals surface area (Å²) in [4.78, 5) is 17.7. The molecular formula is C15H20N6. The maximum Gasteiger partial charge on any atom is 0.225 e. The van der Waals surface area contributed by atoms with Crippen molar-refractivity contribution in [1.82, 2.24) is 19.9 Å². The standard InChI is InChI=1S/C15H20N6/c16-10-13-2-3-14(19-11-13)12-20-6-8-21(9-7-20)15-17-4-1-5-18-15/h1-5,11H,6-10,12,16H2. The van der Waals surface area contributed by atoms with Crippen LogP contribution in [0.4, 0.5) is 5.95 Å². The van der Waals surface area contributed by atoms with Gasteiger partial charge in [0.25, 0.3) is 0 Å². The molecule has 1 aliphatic rings. The average Bonchev–Trinajstić information content (AvgIpc) is 2.57. The zero-order valence-electron chi connectivity index (χ0n) is 12.0. The first-order valence-corrected chi connectivity index (χ1v) is 7.23. The van der Waals surface area contributed by atoms with Crippen LogP contribution in [-0.2, 0) is 13.1 Å². The molecule has 2 aromatic rings. The Morgan fingerprint density at radius 2 is 1.76 bits per heavy atom. The van der Waals surface area contributed by atoms with Gasteiger partial charge in [-0.2, -0.15) is 0 Å². The fourth-order valence-electron chi connectivity index (χ4n) is 2.46. The van der Waals surface area contributed by atoms with Crippen LogP contribution in [0.25, 0.3) is 0 Å². The van der Waals surface area contributed by atoms with Crippen LogP contribution in [0.15, 0.2) is 36.8 Å². The van der Waals surface area contributed by atoms with E-state index in [0.717, 1.165) is 49.9 Å². The van der Waals surface area contributed by atoms with Crippen LogP contribution in [0.5, 0.6) is 0 Å².